The van der Waals surface area contributed by atoms with Crippen LogP contribution >= 0.6 is 0 Å². The van der Waals surface area contributed by atoms with Gasteiger partial charge in [-0.15, -0.1) is 0 Å². The summed E-state index contributed by atoms with van der Waals surface area (Å²) in [6.07, 6.45) is 3.38. The van der Waals surface area contributed by atoms with Crippen molar-refractivity contribution in [2.75, 3.05) is 25.6 Å². The minimum Gasteiger partial charge on any atom is -0.477 e. The third-order valence-corrected chi connectivity index (χ3v) is 2.70. The van der Waals surface area contributed by atoms with Crippen LogP contribution in [-0.2, 0) is 4.74 Å². The SMILES string of the molecule is CCCNc1cc(OCCC(C)(C)OC)ncn1. The highest BCUT2D eigenvalue weighted by molar-refractivity contribution is 5.36. The lowest BCUT2D eigenvalue weighted by Gasteiger charge is -2.22. The molecule has 0 atom stereocenters. The number of anilines is 1. The minimum absolute atomic E-state index is 0.170. The van der Waals surface area contributed by atoms with Gasteiger partial charge in [-0.1, -0.05) is 6.92 Å². The van der Waals surface area contributed by atoms with E-state index in [1.165, 1.54) is 6.33 Å². The summed E-state index contributed by atoms with van der Waals surface area (Å²) in [6.45, 7) is 7.64. The number of nitrogens with one attached hydrogen (secondary N) is 1. The van der Waals surface area contributed by atoms with Crippen molar-refractivity contribution < 1.29 is 9.47 Å². The lowest BCUT2D eigenvalue weighted by atomic mass is 10.1. The summed E-state index contributed by atoms with van der Waals surface area (Å²) < 4.78 is 10.9. The zero-order valence-electron chi connectivity index (χ0n) is 11.7. The van der Waals surface area contributed by atoms with Gasteiger partial charge in [0.25, 0.3) is 0 Å². The maximum Gasteiger partial charge on any atom is 0.218 e. The van der Waals surface area contributed by atoms with Crippen LogP contribution in [0.25, 0.3) is 0 Å². The molecule has 0 aliphatic heterocycles. The Bertz CT molecular complexity index is 356. The molecule has 18 heavy (non-hydrogen) atoms. The van der Waals surface area contributed by atoms with Gasteiger partial charge in [-0.05, 0) is 20.3 Å². The van der Waals surface area contributed by atoms with Crippen molar-refractivity contribution in [2.45, 2.75) is 39.2 Å². The summed E-state index contributed by atoms with van der Waals surface area (Å²) in [6, 6.07) is 1.81. The number of rotatable bonds is 8. The van der Waals surface area contributed by atoms with Gasteiger partial charge in [0.2, 0.25) is 5.88 Å². The molecule has 1 aromatic heterocycles. The molecule has 0 bridgehead atoms. The van der Waals surface area contributed by atoms with E-state index in [4.69, 9.17) is 9.47 Å². The van der Waals surface area contributed by atoms with E-state index < -0.39 is 0 Å². The molecule has 1 rings (SSSR count). The second-order valence-electron chi connectivity index (χ2n) is 4.73. The van der Waals surface area contributed by atoms with Crippen LogP contribution in [0.3, 0.4) is 0 Å². The van der Waals surface area contributed by atoms with Crippen molar-refractivity contribution >= 4 is 5.82 Å². The van der Waals surface area contributed by atoms with Crippen molar-refractivity contribution in [1.29, 1.82) is 0 Å². The molecule has 5 heteroatoms. The van der Waals surface area contributed by atoms with Gasteiger partial charge in [0, 0.05) is 26.1 Å². The van der Waals surface area contributed by atoms with E-state index in [-0.39, 0.29) is 5.60 Å². The van der Waals surface area contributed by atoms with Gasteiger partial charge >= 0.3 is 0 Å². The molecular weight excluding hydrogens is 230 g/mol. The fourth-order valence-electron chi connectivity index (χ4n) is 1.27. The Morgan fingerprint density at radius 1 is 1.33 bits per heavy atom. The molecule has 0 spiro atoms. The van der Waals surface area contributed by atoms with Gasteiger partial charge in [-0.2, -0.15) is 0 Å². The number of methoxy groups -OCH3 is 1. The lowest BCUT2D eigenvalue weighted by Crippen LogP contribution is -2.25. The number of hydrogen-bond acceptors (Lipinski definition) is 5. The molecule has 0 amide bonds. The number of hydrogen-bond donors (Lipinski definition) is 1. The predicted octanol–water partition coefficient (Wildman–Crippen LogP) is 2.49. The van der Waals surface area contributed by atoms with Crippen LogP contribution in [0.5, 0.6) is 5.88 Å². The molecule has 1 heterocycles. The predicted molar refractivity (Wildman–Crippen MR) is 72.0 cm³/mol. The van der Waals surface area contributed by atoms with Crippen LogP contribution in [0.2, 0.25) is 0 Å². The van der Waals surface area contributed by atoms with E-state index >= 15 is 0 Å². The molecule has 0 aromatic carbocycles. The summed E-state index contributed by atoms with van der Waals surface area (Å²) in [4.78, 5) is 8.20. The topological polar surface area (TPSA) is 56.3 Å². The zero-order chi connectivity index (χ0) is 13.4. The number of nitrogens with zero attached hydrogens (tertiary/aromatic N) is 2. The second-order valence-corrected chi connectivity index (χ2v) is 4.73. The van der Waals surface area contributed by atoms with Crippen molar-refractivity contribution in [3.63, 3.8) is 0 Å². The Hall–Kier alpha value is -1.36. The Balaban J connectivity index is 2.42. The van der Waals surface area contributed by atoms with E-state index in [1.54, 1.807) is 7.11 Å². The Morgan fingerprint density at radius 3 is 2.78 bits per heavy atom. The van der Waals surface area contributed by atoms with E-state index in [1.807, 2.05) is 19.9 Å². The van der Waals surface area contributed by atoms with Crippen molar-refractivity contribution in [3.05, 3.63) is 12.4 Å². The van der Waals surface area contributed by atoms with Crippen LogP contribution in [0.4, 0.5) is 5.82 Å². The molecule has 0 saturated carbocycles. The summed E-state index contributed by atoms with van der Waals surface area (Å²) >= 11 is 0. The maximum absolute atomic E-state index is 5.59. The van der Waals surface area contributed by atoms with Crippen LogP contribution in [0.1, 0.15) is 33.6 Å². The Kier molecular flexibility index (Phi) is 5.85. The van der Waals surface area contributed by atoms with Crippen LogP contribution in [0.15, 0.2) is 12.4 Å². The number of aromatic nitrogens is 2. The largest absolute Gasteiger partial charge is 0.477 e. The Morgan fingerprint density at radius 2 is 2.11 bits per heavy atom. The van der Waals surface area contributed by atoms with Gasteiger partial charge in [-0.25, -0.2) is 9.97 Å². The zero-order valence-corrected chi connectivity index (χ0v) is 11.7. The maximum atomic E-state index is 5.59. The third-order valence-electron chi connectivity index (χ3n) is 2.70. The highest BCUT2D eigenvalue weighted by Crippen LogP contribution is 2.15. The summed E-state index contributed by atoms with van der Waals surface area (Å²) in [5.74, 6) is 1.39. The van der Waals surface area contributed by atoms with Gasteiger partial charge in [0.1, 0.15) is 12.1 Å². The molecule has 1 aromatic rings. The first-order valence-electron chi connectivity index (χ1n) is 6.31. The Labute approximate surface area is 109 Å². The van der Waals surface area contributed by atoms with Crippen molar-refractivity contribution in [2.24, 2.45) is 0 Å². The molecule has 5 nitrogen and oxygen atoms in total. The fraction of sp³-hybridized carbons (Fsp3) is 0.692. The molecule has 0 saturated heterocycles. The van der Waals surface area contributed by atoms with E-state index in [2.05, 4.69) is 22.2 Å². The molecule has 0 aliphatic carbocycles. The normalized spacial score (nSPS) is 11.3. The quantitative estimate of drug-likeness (QED) is 0.771. The first kappa shape index (κ1) is 14.7. The highest BCUT2D eigenvalue weighted by atomic mass is 16.5. The standard InChI is InChI=1S/C13H23N3O2/c1-5-7-14-11-9-12(16-10-15-11)18-8-6-13(2,3)17-4/h9-10H,5-8H2,1-4H3,(H,14,15,16). The van der Waals surface area contributed by atoms with Crippen molar-refractivity contribution in [1.82, 2.24) is 9.97 Å². The van der Waals surface area contributed by atoms with Crippen molar-refractivity contribution in [3.8, 4) is 5.88 Å². The van der Waals surface area contributed by atoms with Gasteiger partial charge in [-0.3, -0.25) is 0 Å². The molecule has 102 valence electrons. The van der Waals surface area contributed by atoms with Gasteiger partial charge in [0.15, 0.2) is 0 Å². The van der Waals surface area contributed by atoms with Gasteiger partial charge < -0.3 is 14.8 Å². The van der Waals surface area contributed by atoms with Crippen LogP contribution in [-0.4, -0.2) is 35.8 Å². The molecular formula is C13H23N3O2. The fourth-order valence-corrected chi connectivity index (χ4v) is 1.27. The average Bonchev–Trinajstić information content (AvgIpc) is 2.37. The highest BCUT2D eigenvalue weighted by Gasteiger charge is 2.16. The average molecular weight is 253 g/mol. The lowest BCUT2D eigenvalue weighted by molar-refractivity contribution is 0.00508. The summed E-state index contributed by atoms with van der Waals surface area (Å²) in [7, 11) is 1.71. The minimum atomic E-state index is -0.170. The smallest absolute Gasteiger partial charge is 0.218 e. The molecule has 0 fully saturated rings. The second kappa shape index (κ2) is 7.16. The molecule has 0 aliphatic rings. The van der Waals surface area contributed by atoms with Crippen LogP contribution < -0.4 is 10.1 Å². The molecule has 0 unspecified atom stereocenters. The first-order chi connectivity index (χ1) is 8.57. The monoisotopic (exact) mass is 253 g/mol. The van der Waals surface area contributed by atoms with Gasteiger partial charge in [0.05, 0.1) is 12.2 Å². The number of ether oxygens (including phenoxy) is 2. The van der Waals surface area contributed by atoms with E-state index in [0.29, 0.717) is 12.5 Å². The summed E-state index contributed by atoms with van der Waals surface area (Å²) in [5.41, 5.74) is -0.170. The van der Waals surface area contributed by atoms with Crippen LogP contribution in [0, 0.1) is 0 Å². The molecule has 1 N–H and O–H groups in total. The first-order valence-corrected chi connectivity index (χ1v) is 6.31. The molecule has 0 radical (unpaired) electrons. The van der Waals surface area contributed by atoms with E-state index in [9.17, 15) is 0 Å². The summed E-state index contributed by atoms with van der Waals surface area (Å²) in [5, 5.41) is 3.20. The van der Waals surface area contributed by atoms with E-state index in [0.717, 1.165) is 25.2 Å². The third kappa shape index (κ3) is 5.31.